The van der Waals surface area contributed by atoms with Crippen LogP contribution in [0.15, 0.2) is 77.9 Å². The van der Waals surface area contributed by atoms with E-state index in [0.717, 1.165) is 10.5 Å². The number of cyclic esters (lactones) is 1. The molecule has 142 valence electrons. The predicted octanol–water partition coefficient (Wildman–Crippen LogP) is 4.33. The molecule has 1 heterocycles. The van der Waals surface area contributed by atoms with Gasteiger partial charge in [0.05, 0.1) is 5.57 Å². The normalized spacial score (nSPS) is 17.4. The Labute approximate surface area is 163 Å². The molecule has 0 unspecified atom stereocenters. The van der Waals surface area contributed by atoms with E-state index in [1.807, 2.05) is 48.5 Å². The molecule has 2 aromatic rings. The highest BCUT2D eigenvalue weighted by Gasteiger charge is 2.41. The number of Topliss-reactive ketones (excluding diaryl/α,β-unsaturated/α-hetero) is 1. The summed E-state index contributed by atoms with van der Waals surface area (Å²) in [6, 6.07) is 17.7. The van der Waals surface area contributed by atoms with Crippen molar-refractivity contribution in [3.63, 3.8) is 0 Å². The van der Waals surface area contributed by atoms with E-state index >= 15 is 0 Å². The van der Waals surface area contributed by atoms with Crippen LogP contribution in [0.2, 0.25) is 0 Å². The third-order valence-corrected chi connectivity index (χ3v) is 4.65. The first kappa shape index (κ1) is 19.3. The number of allylic oxidation sites excluding steroid dienone is 2. The van der Waals surface area contributed by atoms with E-state index in [-0.39, 0.29) is 12.2 Å². The number of rotatable bonds is 5. The topological polar surface area (TPSA) is 63.7 Å². The largest absolute Gasteiger partial charge is 0.446 e. The number of benzene rings is 2. The summed E-state index contributed by atoms with van der Waals surface area (Å²) in [5, 5.41) is 0. The monoisotopic (exact) mass is 375 g/mol. The van der Waals surface area contributed by atoms with Crippen molar-refractivity contribution in [2.24, 2.45) is 0 Å². The summed E-state index contributed by atoms with van der Waals surface area (Å²) in [5.74, 6) is -1.07. The molecule has 0 N–H and O–H groups in total. The van der Waals surface area contributed by atoms with E-state index < -0.39 is 23.8 Å². The van der Waals surface area contributed by atoms with E-state index in [1.54, 1.807) is 32.1 Å². The lowest BCUT2D eigenvalue weighted by Crippen LogP contribution is -2.37. The summed E-state index contributed by atoms with van der Waals surface area (Å²) in [7, 11) is 0. The highest BCUT2D eigenvalue weighted by Crippen LogP contribution is 2.30. The van der Waals surface area contributed by atoms with Gasteiger partial charge in [-0.2, -0.15) is 0 Å². The van der Waals surface area contributed by atoms with Crippen LogP contribution in [0.4, 0.5) is 4.79 Å². The molecule has 28 heavy (non-hydrogen) atoms. The second kappa shape index (κ2) is 8.48. The Balaban J connectivity index is 2.04. The molecule has 5 nitrogen and oxygen atoms in total. The molecule has 0 aromatic heterocycles. The fourth-order valence-corrected chi connectivity index (χ4v) is 2.98. The fourth-order valence-electron chi connectivity index (χ4n) is 2.98. The quantitative estimate of drug-likeness (QED) is 0.443. The second-order valence-corrected chi connectivity index (χ2v) is 6.45. The molecule has 0 bridgehead atoms. The molecule has 2 aromatic carbocycles. The first-order valence-electron chi connectivity index (χ1n) is 9.02. The highest BCUT2D eigenvalue weighted by molar-refractivity contribution is 6.29. The van der Waals surface area contributed by atoms with Crippen molar-refractivity contribution < 1.29 is 19.1 Å². The maximum Gasteiger partial charge on any atom is 0.417 e. The Kier molecular flexibility index (Phi) is 5.84. The summed E-state index contributed by atoms with van der Waals surface area (Å²) in [6.07, 6.45) is 2.42. The van der Waals surface area contributed by atoms with E-state index in [0.29, 0.717) is 11.1 Å². The highest BCUT2D eigenvalue weighted by atomic mass is 16.6. The van der Waals surface area contributed by atoms with Crippen molar-refractivity contribution in [1.82, 2.24) is 4.90 Å². The molecule has 1 aliphatic rings. The fraction of sp³-hybridized carbons (Fsp3) is 0.174. The number of nitrogens with zero attached hydrogens (tertiary/aromatic N) is 1. The van der Waals surface area contributed by atoms with Crippen LogP contribution < -0.4 is 0 Å². The molecular formula is C23H21NO4. The maximum absolute atomic E-state index is 13.3. The molecular weight excluding hydrogens is 354 g/mol. The van der Waals surface area contributed by atoms with E-state index in [4.69, 9.17) is 4.74 Å². The summed E-state index contributed by atoms with van der Waals surface area (Å²) in [4.78, 5) is 39.6. The Bertz CT molecular complexity index is 945. The molecule has 1 fully saturated rings. The van der Waals surface area contributed by atoms with E-state index in [9.17, 15) is 14.4 Å². The van der Waals surface area contributed by atoms with Gasteiger partial charge >= 0.3 is 6.09 Å². The van der Waals surface area contributed by atoms with Gasteiger partial charge in [0, 0.05) is 0 Å². The van der Waals surface area contributed by atoms with Crippen LogP contribution >= 0.6 is 0 Å². The molecule has 5 heteroatoms. The molecule has 1 atom stereocenters. The number of hydrogen-bond donors (Lipinski definition) is 0. The molecule has 0 saturated carbocycles. The smallest absolute Gasteiger partial charge is 0.417 e. The van der Waals surface area contributed by atoms with Gasteiger partial charge < -0.3 is 4.74 Å². The van der Waals surface area contributed by atoms with Gasteiger partial charge in [-0.05, 0) is 36.6 Å². The minimum absolute atomic E-state index is 0.0595. The SMILES string of the molecule is C/C=C(\C)C(=O)/C(=C/c1ccccc1)C(=O)N1C(=O)OC[C@@H]1c1ccccc1. The van der Waals surface area contributed by atoms with Crippen molar-refractivity contribution in [2.45, 2.75) is 19.9 Å². The Morgan fingerprint density at radius 1 is 1.04 bits per heavy atom. The van der Waals surface area contributed by atoms with Gasteiger partial charge in [0.25, 0.3) is 5.91 Å². The minimum atomic E-state index is -0.747. The maximum atomic E-state index is 13.3. The molecule has 1 saturated heterocycles. The zero-order valence-electron chi connectivity index (χ0n) is 15.8. The molecule has 0 radical (unpaired) electrons. The molecule has 0 aliphatic carbocycles. The minimum Gasteiger partial charge on any atom is -0.446 e. The Hall–Kier alpha value is -3.47. The summed E-state index contributed by atoms with van der Waals surface area (Å²) < 4.78 is 5.13. The number of imide groups is 1. The Morgan fingerprint density at radius 3 is 2.25 bits per heavy atom. The number of ketones is 1. The number of hydrogen-bond acceptors (Lipinski definition) is 4. The van der Waals surface area contributed by atoms with Crippen LogP contribution in [-0.4, -0.2) is 29.3 Å². The van der Waals surface area contributed by atoms with Crippen LogP contribution in [0.5, 0.6) is 0 Å². The van der Waals surface area contributed by atoms with Crippen molar-refractivity contribution in [1.29, 1.82) is 0 Å². The third kappa shape index (κ3) is 3.93. The van der Waals surface area contributed by atoms with Gasteiger partial charge in [0.15, 0.2) is 5.78 Å². The lowest BCUT2D eigenvalue weighted by molar-refractivity contribution is -0.127. The van der Waals surface area contributed by atoms with Gasteiger partial charge in [-0.1, -0.05) is 66.7 Å². The van der Waals surface area contributed by atoms with Crippen LogP contribution in [0, 0.1) is 0 Å². The first-order chi connectivity index (χ1) is 13.5. The molecule has 3 rings (SSSR count). The second-order valence-electron chi connectivity index (χ2n) is 6.45. The van der Waals surface area contributed by atoms with Crippen molar-refractivity contribution in [2.75, 3.05) is 6.61 Å². The van der Waals surface area contributed by atoms with Crippen molar-refractivity contribution in [3.8, 4) is 0 Å². The summed E-state index contributed by atoms with van der Waals surface area (Å²) in [5.41, 5.74) is 1.84. The van der Waals surface area contributed by atoms with E-state index in [1.165, 1.54) is 6.08 Å². The molecule has 0 spiro atoms. The Morgan fingerprint density at radius 2 is 1.64 bits per heavy atom. The summed E-state index contributed by atoms with van der Waals surface area (Å²) in [6.45, 7) is 3.43. The lowest BCUT2D eigenvalue weighted by atomic mass is 9.99. The van der Waals surface area contributed by atoms with Gasteiger partial charge in [-0.25, -0.2) is 9.69 Å². The van der Waals surface area contributed by atoms with Crippen LogP contribution in [-0.2, 0) is 14.3 Å². The zero-order valence-corrected chi connectivity index (χ0v) is 15.8. The number of ether oxygens (including phenoxy) is 1. The molecule has 2 amide bonds. The van der Waals surface area contributed by atoms with Crippen LogP contribution in [0.3, 0.4) is 0 Å². The number of carbonyl (C=O) groups excluding carboxylic acids is 3. The standard InChI is InChI=1S/C23H21NO4/c1-3-16(2)21(25)19(14-17-10-6-4-7-11-17)22(26)24-20(15-28-23(24)27)18-12-8-5-9-13-18/h3-14,20H,15H2,1-2H3/b16-3+,19-14-/t20-/m1/s1. The first-order valence-corrected chi connectivity index (χ1v) is 9.02. The van der Waals surface area contributed by atoms with Crippen LogP contribution in [0.25, 0.3) is 6.08 Å². The molecule has 1 aliphatic heterocycles. The third-order valence-electron chi connectivity index (χ3n) is 4.65. The summed E-state index contributed by atoms with van der Waals surface area (Å²) >= 11 is 0. The van der Waals surface area contributed by atoms with Gasteiger partial charge in [0.1, 0.15) is 12.6 Å². The van der Waals surface area contributed by atoms with Gasteiger partial charge in [0.2, 0.25) is 0 Å². The number of carbonyl (C=O) groups is 3. The van der Waals surface area contributed by atoms with Gasteiger partial charge in [-0.15, -0.1) is 0 Å². The average Bonchev–Trinajstić information content (AvgIpc) is 3.13. The average molecular weight is 375 g/mol. The zero-order chi connectivity index (χ0) is 20.1. The van der Waals surface area contributed by atoms with Crippen molar-refractivity contribution >= 4 is 23.9 Å². The van der Waals surface area contributed by atoms with E-state index in [2.05, 4.69) is 0 Å². The lowest BCUT2D eigenvalue weighted by Gasteiger charge is -2.21. The van der Waals surface area contributed by atoms with Crippen molar-refractivity contribution in [3.05, 3.63) is 89.0 Å². The van der Waals surface area contributed by atoms with Crippen LogP contribution in [0.1, 0.15) is 31.0 Å². The number of amides is 2. The predicted molar refractivity (Wildman–Crippen MR) is 106 cm³/mol. The van der Waals surface area contributed by atoms with Gasteiger partial charge in [-0.3, -0.25) is 9.59 Å².